The van der Waals surface area contributed by atoms with Gasteiger partial charge in [0.25, 0.3) is 0 Å². The molecule has 4 nitrogen and oxygen atoms in total. The molecule has 0 spiro atoms. The summed E-state index contributed by atoms with van der Waals surface area (Å²) >= 11 is 0. The van der Waals surface area contributed by atoms with Crippen LogP contribution in [0.2, 0.25) is 0 Å². The third kappa shape index (κ3) is 7.98. The van der Waals surface area contributed by atoms with Crippen molar-refractivity contribution in [1.29, 1.82) is 0 Å². The van der Waals surface area contributed by atoms with Gasteiger partial charge in [-0.1, -0.05) is 38.1 Å². The highest BCUT2D eigenvalue weighted by molar-refractivity contribution is 14.0. The number of methoxy groups -OCH3 is 1. The Balaban J connectivity index is 0.00000441. The average molecular weight is 419 g/mol. The van der Waals surface area contributed by atoms with Gasteiger partial charge in [0.15, 0.2) is 5.96 Å². The van der Waals surface area contributed by atoms with Gasteiger partial charge in [-0.05, 0) is 30.9 Å². The van der Waals surface area contributed by atoms with Crippen molar-refractivity contribution in [3.8, 4) is 0 Å². The molecule has 1 unspecified atom stereocenters. The standard InChI is InChI=1S/C17H29N3O.HI/c1-6-18-17(20-14(4)13(2)3)19-11-15-8-7-9-16(10-15)12-21-5;/h7-10,13-14H,6,11-12H2,1-5H3,(H2,18,19,20);1H. The number of ether oxygens (including phenoxy) is 1. The summed E-state index contributed by atoms with van der Waals surface area (Å²) in [4.78, 5) is 4.66. The van der Waals surface area contributed by atoms with Crippen LogP contribution in [-0.4, -0.2) is 25.7 Å². The van der Waals surface area contributed by atoms with Gasteiger partial charge in [-0.25, -0.2) is 4.99 Å². The van der Waals surface area contributed by atoms with E-state index >= 15 is 0 Å². The Morgan fingerprint density at radius 1 is 1.23 bits per heavy atom. The summed E-state index contributed by atoms with van der Waals surface area (Å²) in [6, 6.07) is 8.75. The van der Waals surface area contributed by atoms with E-state index in [4.69, 9.17) is 4.74 Å². The number of aliphatic imine (C=N–C) groups is 1. The lowest BCUT2D eigenvalue weighted by atomic mass is 10.1. The number of hydrogen-bond donors (Lipinski definition) is 2. The monoisotopic (exact) mass is 419 g/mol. The van der Waals surface area contributed by atoms with E-state index in [1.807, 2.05) is 0 Å². The van der Waals surface area contributed by atoms with E-state index in [9.17, 15) is 0 Å². The third-order valence-electron chi connectivity index (χ3n) is 3.43. The molecule has 0 heterocycles. The van der Waals surface area contributed by atoms with Gasteiger partial charge in [-0.15, -0.1) is 24.0 Å². The zero-order valence-electron chi connectivity index (χ0n) is 14.3. The molecule has 0 saturated heterocycles. The lowest BCUT2D eigenvalue weighted by molar-refractivity contribution is 0.185. The molecule has 2 N–H and O–H groups in total. The maximum Gasteiger partial charge on any atom is 0.191 e. The van der Waals surface area contributed by atoms with Gasteiger partial charge in [0.05, 0.1) is 13.2 Å². The Morgan fingerprint density at radius 3 is 2.50 bits per heavy atom. The van der Waals surface area contributed by atoms with Crippen molar-refractivity contribution < 1.29 is 4.74 Å². The zero-order valence-corrected chi connectivity index (χ0v) is 16.7. The third-order valence-corrected chi connectivity index (χ3v) is 3.43. The first kappa shape index (κ1) is 21.2. The van der Waals surface area contributed by atoms with E-state index in [-0.39, 0.29) is 24.0 Å². The Hall–Kier alpha value is -0.820. The van der Waals surface area contributed by atoms with Gasteiger partial charge in [-0.3, -0.25) is 0 Å². The smallest absolute Gasteiger partial charge is 0.191 e. The molecular formula is C17H30IN3O. The van der Waals surface area contributed by atoms with Gasteiger partial charge in [0.1, 0.15) is 0 Å². The second-order valence-corrected chi connectivity index (χ2v) is 5.63. The van der Waals surface area contributed by atoms with Crippen LogP contribution >= 0.6 is 24.0 Å². The van der Waals surface area contributed by atoms with E-state index in [1.165, 1.54) is 11.1 Å². The molecule has 0 amide bonds. The summed E-state index contributed by atoms with van der Waals surface area (Å²) in [5.74, 6) is 1.44. The summed E-state index contributed by atoms with van der Waals surface area (Å²) in [6.07, 6.45) is 0. The molecule has 0 aromatic heterocycles. The molecular weight excluding hydrogens is 389 g/mol. The van der Waals surface area contributed by atoms with E-state index in [2.05, 4.69) is 67.6 Å². The van der Waals surface area contributed by atoms with Crippen LogP contribution < -0.4 is 10.6 Å². The van der Waals surface area contributed by atoms with Crippen molar-refractivity contribution >= 4 is 29.9 Å². The second kappa shape index (κ2) is 11.7. The Morgan fingerprint density at radius 2 is 1.91 bits per heavy atom. The highest BCUT2D eigenvalue weighted by Gasteiger charge is 2.08. The van der Waals surface area contributed by atoms with Crippen molar-refractivity contribution in [2.24, 2.45) is 10.9 Å². The molecule has 1 aromatic rings. The molecule has 0 bridgehead atoms. The van der Waals surface area contributed by atoms with Crippen LogP contribution in [0.4, 0.5) is 0 Å². The van der Waals surface area contributed by atoms with Crippen LogP contribution in [0.1, 0.15) is 38.8 Å². The first-order chi connectivity index (χ1) is 10.1. The lowest BCUT2D eigenvalue weighted by Gasteiger charge is -2.20. The van der Waals surface area contributed by atoms with Crippen LogP contribution in [0.3, 0.4) is 0 Å². The summed E-state index contributed by atoms with van der Waals surface area (Å²) in [5.41, 5.74) is 2.37. The number of hydrogen-bond acceptors (Lipinski definition) is 2. The van der Waals surface area contributed by atoms with Gasteiger partial charge < -0.3 is 15.4 Å². The normalized spacial score (nSPS) is 12.7. The maximum absolute atomic E-state index is 5.17. The Kier molecular flexibility index (Phi) is 11.3. The fourth-order valence-electron chi connectivity index (χ4n) is 1.86. The highest BCUT2D eigenvalue weighted by Crippen LogP contribution is 2.08. The molecule has 1 rings (SSSR count). The van der Waals surface area contributed by atoms with Gasteiger partial charge in [0, 0.05) is 19.7 Å². The van der Waals surface area contributed by atoms with Crippen LogP contribution in [0.25, 0.3) is 0 Å². The number of nitrogens with one attached hydrogen (secondary N) is 2. The van der Waals surface area contributed by atoms with Crippen molar-refractivity contribution in [1.82, 2.24) is 10.6 Å². The van der Waals surface area contributed by atoms with E-state index < -0.39 is 0 Å². The first-order valence-corrected chi connectivity index (χ1v) is 7.68. The molecule has 0 fully saturated rings. The van der Waals surface area contributed by atoms with Crippen molar-refractivity contribution in [3.05, 3.63) is 35.4 Å². The molecule has 126 valence electrons. The largest absolute Gasteiger partial charge is 0.380 e. The SMILES string of the molecule is CCNC(=NCc1cccc(COC)c1)NC(C)C(C)C.I. The molecule has 0 saturated carbocycles. The Bertz CT molecular complexity index is 449. The predicted octanol–water partition coefficient (Wildman–Crippen LogP) is 3.55. The Labute approximate surface area is 152 Å². The molecule has 0 aliphatic rings. The number of benzene rings is 1. The van der Waals surface area contributed by atoms with E-state index in [0.717, 1.165) is 12.5 Å². The summed E-state index contributed by atoms with van der Waals surface area (Å²) in [7, 11) is 1.71. The quantitative estimate of drug-likeness (QED) is 0.404. The van der Waals surface area contributed by atoms with Gasteiger partial charge in [-0.2, -0.15) is 0 Å². The van der Waals surface area contributed by atoms with Crippen LogP contribution in [0.15, 0.2) is 29.3 Å². The second-order valence-electron chi connectivity index (χ2n) is 5.63. The molecule has 0 radical (unpaired) electrons. The zero-order chi connectivity index (χ0) is 15.7. The van der Waals surface area contributed by atoms with E-state index in [0.29, 0.717) is 25.1 Å². The van der Waals surface area contributed by atoms with Gasteiger partial charge in [0.2, 0.25) is 0 Å². The molecule has 5 heteroatoms. The van der Waals surface area contributed by atoms with Gasteiger partial charge >= 0.3 is 0 Å². The topological polar surface area (TPSA) is 45.7 Å². The molecule has 0 aliphatic carbocycles. The van der Waals surface area contributed by atoms with Crippen molar-refractivity contribution in [3.63, 3.8) is 0 Å². The fraction of sp³-hybridized carbons (Fsp3) is 0.588. The summed E-state index contributed by atoms with van der Waals surface area (Å²) < 4.78 is 5.17. The minimum atomic E-state index is 0. The van der Waals surface area contributed by atoms with Crippen molar-refractivity contribution in [2.45, 2.75) is 46.9 Å². The fourth-order valence-corrected chi connectivity index (χ4v) is 1.86. The number of nitrogens with zero attached hydrogens (tertiary/aromatic N) is 1. The predicted molar refractivity (Wildman–Crippen MR) is 105 cm³/mol. The van der Waals surface area contributed by atoms with Crippen LogP contribution in [-0.2, 0) is 17.9 Å². The number of guanidine groups is 1. The number of halogens is 1. The summed E-state index contributed by atoms with van der Waals surface area (Å²) in [5, 5.41) is 6.73. The van der Waals surface area contributed by atoms with Crippen LogP contribution in [0.5, 0.6) is 0 Å². The highest BCUT2D eigenvalue weighted by atomic mass is 127. The minimum Gasteiger partial charge on any atom is -0.380 e. The molecule has 1 aromatic carbocycles. The minimum absolute atomic E-state index is 0. The summed E-state index contributed by atoms with van der Waals surface area (Å²) in [6.45, 7) is 10.8. The molecule has 0 aliphatic heterocycles. The van der Waals surface area contributed by atoms with Crippen molar-refractivity contribution in [2.75, 3.05) is 13.7 Å². The maximum atomic E-state index is 5.17. The first-order valence-electron chi connectivity index (χ1n) is 7.68. The molecule has 22 heavy (non-hydrogen) atoms. The average Bonchev–Trinajstić information content (AvgIpc) is 2.45. The number of rotatable bonds is 7. The van der Waals surface area contributed by atoms with E-state index in [1.54, 1.807) is 7.11 Å². The molecule has 1 atom stereocenters. The lowest BCUT2D eigenvalue weighted by Crippen LogP contribution is -2.44. The van der Waals surface area contributed by atoms with Crippen LogP contribution in [0, 0.1) is 5.92 Å².